The second kappa shape index (κ2) is 4.40. The van der Waals surface area contributed by atoms with Gasteiger partial charge in [0.1, 0.15) is 0 Å². The van der Waals surface area contributed by atoms with Crippen LogP contribution in [0.25, 0.3) is 0 Å². The van der Waals surface area contributed by atoms with Crippen LogP contribution >= 0.6 is 0 Å². The molecule has 0 radical (unpaired) electrons. The fraction of sp³-hybridized carbons (Fsp3) is 0.500. The molecule has 0 aliphatic carbocycles. The Morgan fingerprint density at radius 2 is 1.88 bits per heavy atom. The van der Waals surface area contributed by atoms with Crippen LogP contribution < -0.4 is 4.90 Å². The molecular weight excluding hydrogens is 214 g/mol. The highest BCUT2D eigenvalue weighted by atomic mass is 16.4. The standard InChI is InChI=1S/C14H19NO2/c1-9-8-12(14(16)17)6-7-13(9)15-10(2)4-5-11(15)3/h6-8,10-11H,4-5H2,1-3H3,(H,16,17)/t10-,11-/m1/s1. The zero-order valence-electron chi connectivity index (χ0n) is 10.6. The Kier molecular flexibility index (Phi) is 3.09. The van der Waals surface area contributed by atoms with Gasteiger partial charge in [-0.2, -0.15) is 0 Å². The molecule has 3 heteroatoms. The molecule has 0 unspecified atom stereocenters. The zero-order chi connectivity index (χ0) is 12.6. The first-order valence-electron chi connectivity index (χ1n) is 6.13. The summed E-state index contributed by atoms with van der Waals surface area (Å²) in [6.07, 6.45) is 2.42. The molecule has 1 saturated heterocycles. The molecule has 0 aromatic heterocycles. The summed E-state index contributed by atoms with van der Waals surface area (Å²) in [4.78, 5) is 13.3. The molecule has 0 amide bonds. The number of carboxylic acid groups (broad SMARTS) is 1. The largest absolute Gasteiger partial charge is 0.478 e. The minimum Gasteiger partial charge on any atom is -0.478 e. The average Bonchev–Trinajstić information content (AvgIpc) is 2.59. The van der Waals surface area contributed by atoms with Gasteiger partial charge in [-0.3, -0.25) is 0 Å². The highest BCUT2D eigenvalue weighted by Gasteiger charge is 2.28. The van der Waals surface area contributed by atoms with Gasteiger partial charge in [-0.05, 0) is 57.4 Å². The van der Waals surface area contributed by atoms with E-state index >= 15 is 0 Å². The second-order valence-electron chi connectivity index (χ2n) is 4.99. The van der Waals surface area contributed by atoms with Gasteiger partial charge in [-0.15, -0.1) is 0 Å². The van der Waals surface area contributed by atoms with Crippen molar-refractivity contribution in [1.82, 2.24) is 0 Å². The summed E-state index contributed by atoms with van der Waals surface area (Å²) in [6, 6.07) is 6.48. The summed E-state index contributed by atoms with van der Waals surface area (Å²) in [5.41, 5.74) is 2.59. The molecule has 0 spiro atoms. The third kappa shape index (κ3) is 2.14. The van der Waals surface area contributed by atoms with Gasteiger partial charge in [0.15, 0.2) is 0 Å². The Balaban J connectivity index is 2.36. The summed E-state index contributed by atoms with van der Waals surface area (Å²) in [7, 11) is 0. The first kappa shape index (κ1) is 12.0. The maximum Gasteiger partial charge on any atom is 0.335 e. The first-order valence-corrected chi connectivity index (χ1v) is 6.13. The monoisotopic (exact) mass is 233 g/mol. The van der Waals surface area contributed by atoms with Gasteiger partial charge in [-0.1, -0.05) is 0 Å². The number of carbonyl (C=O) groups is 1. The molecule has 92 valence electrons. The number of nitrogens with zero attached hydrogens (tertiary/aromatic N) is 1. The molecule has 0 saturated carbocycles. The minimum absolute atomic E-state index is 0.366. The molecule has 1 aliphatic heterocycles. The minimum atomic E-state index is -0.859. The maximum atomic E-state index is 10.9. The van der Waals surface area contributed by atoms with Gasteiger partial charge >= 0.3 is 5.97 Å². The van der Waals surface area contributed by atoms with Crippen LogP contribution in [0.15, 0.2) is 18.2 Å². The van der Waals surface area contributed by atoms with E-state index in [1.165, 1.54) is 18.5 Å². The smallest absolute Gasteiger partial charge is 0.335 e. The van der Waals surface area contributed by atoms with E-state index in [1.807, 2.05) is 13.0 Å². The van der Waals surface area contributed by atoms with Gasteiger partial charge in [0.2, 0.25) is 0 Å². The molecule has 1 N–H and O–H groups in total. The van der Waals surface area contributed by atoms with Crippen molar-refractivity contribution >= 4 is 11.7 Å². The third-order valence-electron chi connectivity index (χ3n) is 3.67. The highest BCUT2D eigenvalue weighted by Crippen LogP contribution is 2.32. The molecule has 3 nitrogen and oxygen atoms in total. The topological polar surface area (TPSA) is 40.5 Å². The molecule has 1 aromatic carbocycles. The van der Waals surface area contributed by atoms with Crippen LogP contribution in [0, 0.1) is 6.92 Å². The number of hydrogen-bond donors (Lipinski definition) is 1. The summed E-state index contributed by atoms with van der Waals surface area (Å²) in [6.45, 7) is 6.45. The lowest BCUT2D eigenvalue weighted by Crippen LogP contribution is -2.33. The first-order chi connectivity index (χ1) is 8.00. The van der Waals surface area contributed by atoms with E-state index in [-0.39, 0.29) is 0 Å². The van der Waals surface area contributed by atoms with Gasteiger partial charge in [0.05, 0.1) is 5.56 Å². The average molecular weight is 233 g/mol. The van der Waals surface area contributed by atoms with Crippen molar-refractivity contribution in [2.24, 2.45) is 0 Å². The van der Waals surface area contributed by atoms with Crippen LogP contribution in [0.4, 0.5) is 5.69 Å². The van der Waals surface area contributed by atoms with Crippen molar-refractivity contribution < 1.29 is 9.90 Å². The number of aryl methyl sites for hydroxylation is 1. The van der Waals surface area contributed by atoms with Crippen LogP contribution in [-0.2, 0) is 0 Å². The maximum absolute atomic E-state index is 10.9. The van der Waals surface area contributed by atoms with Crippen molar-refractivity contribution in [1.29, 1.82) is 0 Å². The number of carboxylic acids is 1. The van der Waals surface area contributed by atoms with Crippen molar-refractivity contribution in [3.05, 3.63) is 29.3 Å². The Morgan fingerprint density at radius 1 is 1.29 bits per heavy atom. The summed E-state index contributed by atoms with van der Waals surface area (Å²) < 4.78 is 0. The van der Waals surface area contributed by atoms with Crippen molar-refractivity contribution in [3.8, 4) is 0 Å². The van der Waals surface area contributed by atoms with Gasteiger partial charge in [0.25, 0.3) is 0 Å². The number of rotatable bonds is 2. The van der Waals surface area contributed by atoms with Crippen LogP contribution in [-0.4, -0.2) is 23.2 Å². The van der Waals surface area contributed by atoms with Crippen molar-refractivity contribution in [3.63, 3.8) is 0 Å². The Hall–Kier alpha value is -1.51. The number of aromatic carboxylic acids is 1. The van der Waals surface area contributed by atoms with Crippen LogP contribution in [0.2, 0.25) is 0 Å². The molecule has 2 rings (SSSR count). The lowest BCUT2D eigenvalue weighted by Gasteiger charge is -2.30. The summed E-state index contributed by atoms with van der Waals surface area (Å²) in [5, 5.41) is 8.96. The van der Waals surface area contributed by atoms with E-state index in [2.05, 4.69) is 18.7 Å². The van der Waals surface area contributed by atoms with Crippen LogP contribution in [0.3, 0.4) is 0 Å². The van der Waals surface area contributed by atoms with Gasteiger partial charge < -0.3 is 10.0 Å². The normalized spacial score (nSPS) is 24.1. The molecule has 2 atom stereocenters. The summed E-state index contributed by atoms with van der Waals surface area (Å²) >= 11 is 0. The molecule has 1 aliphatic rings. The molecule has 1 fully saturated rings. The van der Waals surface area contributed by atoms with E-state index < -0.39 is 5.97 Å². The molecule has 0 bridgehead atoms. The number of benzene rings is 1. The van der Waals surface area contributed by atoms with Gasteiger partial charge in [0, 0.05) is 17.8 Å². The van der Waals surface area contributed by atoms with Gasteiger partial charge in [-0.25, -0.2) is 4.79 Å². The zero-order valence-corrected chi connectivity index (χ0v) is 10.6. The van der Waals surface area contributed by atoms with Crippen molar-refractivity contribution in [2.75, 3.05) is 4.90 Å². The van der Waals surface area contributed by atoms with Crippen LogP contribution in [0.5, 0.6) is 0 Å². The second-order valence-corrected chi connectivity index (χ2v) is 4.99. The predicted octanol–water partition coefficient (Wildman–Crippen LogP) is 3.07. The Bertz CT molecular complexity index is 432. The SMILES string of the molecule is Cc1cc(C(=O)O)ccc1N1[C@H](C)CC[C@H]1C. The molecular formula is C14H19NO2. The summed E-state index contributed by atoms with van der Waals surface area (Å²) in [5.74, 6) is -0.859. The number of anilines is 1. The fourth-order valence-corrected chi connectivity index (χ4v) is 2.75. The Morgan fingerprint density at radius 3 is 2.35 bits per heavy atom. The molecule has 17 heavy (non-hydrogen) atoms. The fourth-order valence-electron chi connectivity index (χ4n) is 2.75. The van der Waals surface area contributed by atoms with E-state index in [0.717, 1.165) is 5.56 Å². The Labute approximate surface area is 102 Å². The lowest BCUT2D eigenvalue weighted by atomic mass is 10.1. The quantitative estimate of drug-likeness (QED) is 0.853. The lowest BCUT2D eigenvalue weighted by molar-refractivity contribution is 0.0697. The third-order valence-corrected chi connectivity index (χ3v) is 3.67. The van der Waals surface area contributed by atoms with E-state index in [0.29, 0.717) is 17.6 Å². The van der Waals surface area contributed by atoms with E-state index in [1.54, 1.807) is 12.1 Å². The molecule has 1 heterocycles. The predicted molar refractivity (Wildman–Crippen MR) is 68.8 cm³/mol. The molecule has 1 aromatic rings. The van der Waals surface area contributed by atoms with E-state index in [4.69, 9.17) is 5.11 Å². The highest BCUT2D eigenvalue weighted by molar-refractivity contribution is 5.88. The van der Waals surface area contributed by atoms with Crippen molar-refractivity contribution in [2.45, 2.75) is 45.7 Å². The van der Waals surface area contributed by atoms with Crippen LogP contribution in [0.1, 0.15) is 42.6 Å². The number of hydrogen-bond acceptors (Lipinski definition) is 2. The van der Waals surface area contributed by atoms with E-state index in [9.17, 15) is 4.79 Å².